The number of carboxylic acid groups (broad SMARTS) is 1. The maximum Gasteiger partial charge on any atom is 0.337 e. The number of halogens is 1. The number of sulfone groups is 1. The maximum atomic E-state index is 14.7. The highest BCUT2D eigenvalue weighted by Crippen LogP contribution is 2.29. The van der Waals surface area contributed by atoms with Gasteiger partial charge in [-0.1, -0.05) is 17.7 Å². The molecule has 1 aromatic carbocycles. The largest absolute Gasteiger partial charge is 0.478 e. The number of aryl methyl sites for hydroxylation is 1. The summed E-state index contributed by atoms with van der Waals surface area (Å²) in [5.74, 6) is -2.78. The molecule has 3 aromatic rings. The van der Waals surface area contributed by atoms with Crippen LogP contribution in [0.2, 0.25) is 0 Å². The number of aromatic nitrogens is 2. The number of carboxylic acids is 1. The molecule has 7 nitrogen and oxygen atoms in total. The molecule has 0 saturated carbocycles. The van der Waals surface area contributed by atoms with Crippen molar-refractivity contribution in [2.45, 2.75) is 16.8 Å². The molecule has 0 saturated heterocycles. The van der Waals surface area contributed by atoms with Crippen molar-refractivity contribution < 1.29 is 27.5 Å². The number of hydrogen-bond donors (Lipinski definition) is 2. The zero-order valence-electron chi connectivity index (χ0n) is 12.8. The third-order valence-electron chi connectivity index (χ3n) is 3.70. The van der Waals surface area contributed by atoms with Crippen molar-refractivity contribution in [1.82, 2.24) is 9.97 Å². The molecule has 0 radical (unpaired) electrons. The summed E-state index contributed by atoms with van der Waals surface area (Å²) in [5, 5.41) is 7.90. The van der Waals surface area contributed by atoms with Crippen molar-refractivity contribution in [2.24, 2.45) is 0 Å². The summed E-state index contributed by atoms with van der Waals surface area (Å²) in [5.41, 5.74) is -0.435. The summed E-state index contributed by atoms with van der Waals surface area (Å²) in [7, 11) is -4.33. The van der Waals surface area contributed by atoms with Gasteiger partial charge in [-0.15, -0.1) is 0 Å². The first kappa shape index (κ1) is 16.8. The van der Waals surface area contributed by atoms with Gasteiger partial charge in [0, 0.05) is 11.6 Å². The lowest BCUT2D eigenvalue weighted by molar-refractivity contribution is 0.0699. The average molecular weight is 362 g/mol. The Morgan fingerprint density at radius 1 is 1.28 bits per heavy atom. The van der Waals surface area contributed by atoms with Gasteiger partial charge in [0.1, 0.15) is 5.65 Å². The van der Waals surface area contributed by atoms with Crippen molar-refractivity contribution in [3.05, 3.63) is 53.0 Å². The Morgan fingerprint density at radius 3 is 2.48 bits per heavy atom. The van der Waals surface area contributed by atoms with Gasteiger partial charge in [-0.25, -0.2) is 22.6 Å². The minimum atomic E-state index is -4.33. The summed E-state index contributed by atoms with van der Waals surface area (Å²) in [4.78, 5) is 28.5. The van der Waals surface area contributed by atoms with Crippen molar-refractivity contribution in [3.8, 4) is 0 Å². The lowest BCUT2D eigenvalue weighted by Crippen LogP contribution is -2.10. The van der Waals surface area contributed by atoms with E-state index in [9.17, 15) is 22.4 Å². The van der Waals surface area contributed by atoms with E-state index in [0.717, 1.165) is 11.8 Å². The van der Waals surface area contributed by atoms with E-state index in [2.05, 4.69) is 9.97 Å². The van der Waals surface area contributed by atoms with Crippen LogP contribution in [0.1, 0.15) is 26.3 Å². The van der Waals surface area contributed by atoms with Crippen LogP contribution in [0.5, 0.6) is 0 Å². The van der Waals surface area contributed by atoms with Crippen LogP contribution in [0, 0.1) is 12.7 Å². The number of aromatic carboxylic acids is 1. The first-order valence-corrected chi connectivity index (χ1v) is 8.46. The number of nitrogens with one attached hydrogen (secondary N) is 1. The predicted molar refractivity (Wildman–Crippen MR) is 85.0 cm³/mol. The molecule has 0 amide bonds. The molecule has 0 spiro atoms. The van der Waals surface area contributed by atoms with E-state index in [1.165, 1.54) is 12.1 Å². The van der Waals surface area contributed by atoms with Crippen LogP contribution in [0.4, 0.5) is 4.39 Å². The number of pyridine rings is 1. The Morgan fingerprint density at radius 2 is 1.92 bits per heavy atom. The maximum absolute atomic E-state index is 14.7. The van der Waals surface area contributed by atoms with Gasteiger partial charge in [0.05, 0.1) is 16.0 Å². The Kier molecular flexibility index (Phi) is 3.88. The fourth-order valence-corrected chi connectivity index (χ4v) is 3.71. The molecule has 0 aliphatic rings. The molecule has 9 heteroatoms. The number of aldehydes is 1. The third kappa shape index (κ3) is 2.58. The molecule has 0 unspecified atom stereocenters. The Hall–Kier alpha value is -3.07. The van der Waals surface area contributed by atoms with Crippen molar-refractivity contribution >= 4 is 33.1 Å². The molecular weight excluding hydrogens is 351 g/mol. The summed E-state index contributed by atoms with van der Waals surface area (Å²) >= 11 is 0. The lowest BCUT2D eigenvalue weighted by atomic mass is 10.1. The highest BCUT2D eigenvalue weighted by molar-refractivity contribution is 7.91. The number of fused-ring (bicyclic) bond motifs is 1. The topological polar surface area (TPSA) is 117 Å². The fraction of sp³-hybridized carbons (Fsp3) is 0.0625. The molecule has 25 heavy (non-hydrogen) atoms. The van der Waals surface area contributed by atoms with Gasteiger partial charge < -0.3 is 10.1 Å². The summed E-state index contributed by atoms with van der Waals surface area (Å²) in [6, 6.07) is 5.68. The second kappa shape index (κ2) is 5.78. The van der Waals surface area contributed by atoms with Gasteiger partial charge in [0.25, 0.3) is 0 Å². The lowest BCUT2D eigenvalue weighted by Gasteiger charge is -2.08. The first-order valence-electron chi connectivity index (χ1n) is 6.98. The zero-order chi connectivity index (χ0) is 18.4. The second-order valence-corrected chi connectivity index (χ2v) is 7.18. The number of aromatic amines is 1. The number of carbonyl (C=O) groups excluding carboxylic acids is 1. The van der Waals surface area contributed by atoms with E-state index in [-0.39, 0.29) is 27.8 Å². The highest BCUT2D eigenvalue weighted by atomic mass is 32.2. The number of rotatable bonds is 4. The Labute approximate surface area is 141 Å². The van der Waals surface area contributed by atoms with Crippen molar-refractivity contribution in [3.63, 3.8) is 0 Å². The predicted octanol–water partition coefficient (Wildman–Crippen LogP) is 2.35. The van der Waals surface area contributed by atoms with Crippen molar-refractivity contribution in [2.75, 3.05) is 0 Å². The third-order valence-corrected chi connectivity index (χ3v) is 5.37. The molecule has 128 valence electrons. The number of hydrogen-bond acceptors (Lipinski definition) is 5. The number of nitrogens with zero attached hydrogens (tertiary/aromatic N) is 1. The fourth-order valence-electron chi connectivity index (χ4n) is 2.44. The molecule has 0 aliphatic heterocycles. The zero-order valence-corrected chi connectivity index (χ0v) is 13.6. The van der Waals surface area contributed by atoms with Crippen LogP contribution in [0.15, 0.2) is 40.4 Å². The molecular formula is C16H11FN2O5S. The molecule has 0 atom stereocenters. The van der Waals surface area contributed by atoms with E-state index in [1.807, 2.05) is 0 Å². The molecule has 0 bridgehead atoms. The van der Waals surface area contributed by atoms with Crippen LogP contribution < -0.4 is 0 Å². The van der Waals surface area contributed by atoms with Crippen molar-refractivity contribution in [1.29, 1.82) is 0 Å². The number of carbonyl (C=O) groups is 2. The van der Waals surface area contributed by atoms with E-state index in [4.69, 9.17) is 5.11 Å². The van der Waals surface area contributed by atoms with E-state index in [0.29, 0.717) is 0 Å². The summed E-state index contributed by atoms with van der Waals surface area (Å²) in [6.07, 6.45) is 1.10. The van der Waals surface area contributed by atoms with Gasteiger partial charge in [0.15, 0.2) is 17.1 Å². The SMILES string of the molecule is Cc1ccc(S(=O)(=O)c2nc3[nH]cc(C(=O)O)c3c(C=O)c2F)cc1. The number of H-pyrrole nitrogens is 1. The standard InChI is InChI=1S/C16H11FN2O5S/c1-8-2-4-9(5-3-8)25(23,24)15-13(17)11(7-20)12-10(16(21)22)6-18-14(12)19-15/h2-7H,1H3,(H,18,19)(H,21,22). The highest BCUT2D eigenvalue weighted by Gasteiger charge is 2.29. The first-order chi connectivity index (χ1) is 11.8. The quantitative estimate of drug-likeness (QED) is 0.688. The van der Waals surface area contributed by atoms with Gasteiger partial charge in [-0.2, -0.15) is 0 Å². The van der Waals surface area contributed by atoms with Crippen LogP contribution in [-0.2, 0) is 9.84 Å². The monoisotopic (exact) mass is 362 g/mol. The van der Waals surface area contributed by atoms with Gasteiger partial charge in [-0.3, -0.25) is 4.79 Å². The normalized spacial score (nSPS) is 11.6. The molecule has 2 N–H and O–H groups in total. The minimum absolute atomic E-state index is 0.0772. The van der Waals surface area contributed by atoms with Gasteiger partial charge >= 0.3 is 5.97 Å². The molecule has 2 heterocycles. The molecule has 3 rings (SSSR count). The minimum Gasteiger partial charge on any atom is -0.478 e. The van der Waals surface area contributed by atoms with E-state index >= 15 is 0 Å². The van der Waals surface area contributed by atoms with Crippen LogP contribution in [-0.4, -0.2) is 35.7 Å². The molecule has 2 aromatic heterocycles. The van der Waals surface area contributed by atoms with Gasteiger partial charge in [0.2, 0.25) is 9.84 Å². The smallest absolute Gasteiger partial charge is 0.337 e. The average Bonchev–Trinajstić information content (AvgIpc) is 2.98. The Bertz CT molecular complexity index is 1120. The van der Waals surface area contributed by atoms with E-state index < -0.39 is 32.2 Å². The summed E-state index contributed by atoms with van der Waals surface area (Å²) < 4.78 is 40.0. The Balaban J connectivity index is 2.34. The van der Waals surface area contributed by atoms with Crippen LogP contribution in [0.25, 0.3) is 11.0 Å². The molecule has 0 aliphatic carbocycles. The van der Waals surface area contributed by atoms with Crippen LogP contribution >= 0.6 is 0 Å². The summed E-state index contributed by atoms with van der Waals surface area (Å²) in [6.45, 7) is 1.76. The second-order valence-electron chi connectivity index (χ2n) is 5.31. The van der Waals surface area contributed by atoms with Crippen LogP contribution in [0.3, 0.4) is 0 Å². The van der Waals surface area contributed by atoms with Gasteiger partial charge in [-0.05, 0) is 19.1 Å². The number of benzene rings is 1. The molecule has 0 fully saturated rings. The van der Waals surface area contributed by atoms with E-state index in [1.54, 1.807) is 19.1 Å².